The van der Waals surface area contributed by atoms with Gasteiger partial charge in [-0.25, -0.2) is 4.98 Å². The van der Waals surface area contributed by atoms with E-state index in [0.29, 0.717) is 12.2 Å². The molecule has 4 rings (SSSR count). The number of aromatic nitrogens is 5. The molecule has 3 heterocycles. The zero-order valence-electron chi connectivity index (χ0n) is 15.4. The zero-order chi connectivity index (χ0) is 18.8. The highest BCUT2D eigenvalue weighted by molar-refractivity contribution is 5.93. The standard InChI is InChI=1S/C19H22N6O2/c1-12-20-18(24-21-12)14-4-3-9-25(11-14)19(26)17-10-16(22-23-17)13-5-7-15(27-2)8-6-13/h5-8,10,14H,3-4,9,11H2,1-2H3,(H,22,23)(H,20,21,24). The Kier molecular flexibility index (Phi) is 4.62. The van der Waals surface area contributed by atoms with Crippen LogP contribution in [0.5, 0.6) is 5.75 Å². The van der Waals surface area contributed by atoms with Gasteiger partial charge in [0.05, 0.1) is 12.8 Å². The largest absolute Gasteiger partial charge is 0.497 e. The van der Waals surface area contributed by atoms with Crippen LogP contribution in [0.1, 0.15) is 40.9 Å². The molecular weight excluding hydrogens is 344 g/mol. The fourth-order valence-corrected chi connectivity index (χ4v) is 3.43. The number of rotatable bonds is 4. The number of nitrogens with zero attached hydrogens (tertiary/aromatic N) is 4. The Morgan fingerprint density at radius 3 is 2.74 bits per heavy atom. The normalized spacial score (nSPS) is 17.1. The molecule has 0 saturated carbocycles. The molecule has 2 N–H and O–H groups in total. The summed E-state index contributed by atoms with van der Waals surface area (Å²) in [5, 5.41) is 14.3. The molecule has 2 aromatic heterocycles. The van der Waals surface area contributed by atoms with Crippen molar-refractivity contribution >= 4 is 5.91 Å². The minimum Gasteiger partial charge on any atom is -0.497 e. The number of likely N-dealkylation sites (tertiary alicyclic amines) is 1. The van der Waals surface area contributed by atoms with Gasteiger partial charge in [0.1, 0.15) is 17.3 Å². The van der Waals surface area contributed by atoms with E-state index in [1.54, 1.807) is 13.2 Å². The Morgan fingerprint density at radius 2 is 2.04 bits per heavy atom. The maximum Gasteiger partial charge on any atom is 0.271 e. The van der Waals surface area contributed by atoms with Crippen molar-refractivity contribution in [2.24, 2.45) is 0 Å². The van der Waals surface area contributed by atoms with E-state index in [2.05, 4.69) is 25.4 Å². The van der Waals surface area contributed by atoms with Crippen LogP contribution in [0.4, 0.5) is 0 Å². The smallest absolute Gasteiger partial charge is 0.271 e. The number of piperidine rings is 1. The first kappa shape index (κ1) is 17.3. The SMILES string of the molecule is COc1ccc(-c2cc(C(=O)N3CCCC(c4n[nH]c(C)n4)C3)[nH]n2)cc1. The van der Waals surface area contributed by atoms with E-state index >= 15 is 0 Å². The first-order chi connectivity index (χ1) is 13.1. The zero-order valence-corrected chi connectivity index (χ0v) is 15.4. The average molecular weight is 366 g/mol. The van der Waals surface area contributed by atoms with Gasteiger partial charge < -0.3 is 9.64 Å². The summed E-state index contributed by atoms with van der Waals surface area (Å²) in [4.78, 5) is 19.2. The van der Waals surface area contributed by atoms with E-state index in [-0.39, 0.29) is 11.8 Å². The predicted molar refractivity (Wildman–Crippen MR) is 99.6 cm³/mol. The first-order valence-corrected chi connectivity index (χ1v) is 9.02. The molecule has 0 aliphatic carbocycles. The predicted octanol–water partition coefficient (Wildman–Crippen LogP) is 2.53. The summed E-state index contributed by atoms with van der Waals surface area (Å²) in [7, 11) is 1.63. The van der Waals surface area contributed by atoms with Crippen molar-refractivity contribution in [1.29, 1.82) is 0 Å². The van der Waals surface area contributed by atoms with Gasteiger partial charge in [0.25, 0.3) is 5.91 Å². The highest BCUT2D eigenvalue weighted by atomic mass is 16.5. The van der Waals surface area contributed by atoms with Crippen LogP contribution >= 0.6 is 0 Å². The number of nitrogens with one attached hydrogen (secondary N) is 2. The molecule has 0 spiro atoms. The van der Waals surface area contributed by atoms with E-state index < -0.39 is 0 Å². The van der Waals surface area contributed by atoms with Gasteiger partial charge in [-0.2, -0.15) is 10.2 Å². The van der Waals surface area contributed by atoms with Crippen LogP contribution < -0.4 is 4.74 Å². The topological polar surface area (TPSA) is 99.8 Å². The number of hydrogen-bond acceptors (Lipinski definition) is 5. The molecule has 0 bridgehead atoms. The lowest BCUT2D eigenvalue weighted by atomic mass is 9.97. The number of carbonyl (C=O) groups excluding carboxylic acids is 1. The second-order valence-electron chi connectivity index (χ2n) is 6.76. The molecule has 8 heteroatoms. The van der Waals surface area contributed by atoms with E-state index in [4.69, 9.17) is 4.74 Å². The van der Waals surface area contributed by atoms with Gasteiger partial charge in [-0.05, 0) is 50.1 Å². The third-order valence-electron chi connectivity index (χ3n) is 4.88. The monoisotopic (exact) mass is 366 g/mol. The summed E-state index contributed by atoms with van der Waals surface area (Å²) in [6.07, 6.45) is 1.92. The van der Waals surface area contributed by atoms with Crippen LogP contribution in [0.3, 0.4) is 0 Å². The highest BCUT2D eigenvalue weighted by Crippen LogP contribution is 2.26. The lowest BCUT2D eigenvalue weighted by Gasteiger charge is -2.31. The Hall–Kier alpha value is -3.16. The fourth-order valence-electron chi connectivity index (χ4n) is 3.43. The van der Waals surface area contributed by atoms with E-state index in [1.165, 1.54) is 0 Å². The Balaban J connectivity index is 1.48. The summed E-state index contributed by atoms with van der Waals surface area (Å²) in [5.74, 6) is 2.49. The molecule has 8 nitrogen and oxygen atoms in total. The second kappa shape index (κ2) is 7.22. The summed E-state index contributed by atoms with van der Waals surface area (Å²) in [6.45, 7) is 3.23. The van der Waals surface area contributed by atoms with E-state index in [1.807, 2.05) is 36.1 Å². The Morgan fingerprint density at radius 1 is 1.22 bits per heavy atom. The molecule has 1 aliphatic rings. The van der Waals surface area contributed by atoms with Gasteiger partial charge >= 0.3 is 0 Å². The number of aryl methyl sites for hydroxylation is 1. The molecule has 1 saturated heterocycles. The van der Waals surface area contributed by atoms with E-state index in [0.717, 1.165) is 48.0 Å². The second-order valence-corrected chi connectivity index (χ2v) is 6.76. The molecule has 1 aromatic carbocycles. The molecule has 1 atom stereocenters. The van der Waals surface area contributed by atoms with Crippen LogP contribution in [0.15, 0.2) is 30.3 Å². The Bertz CT molecular complexity index is 930. The number of hydrogen-bond donors (Lipinski definition) is 2. The van der Waals surface area contributed by atoms with Gasteiger partial charge in [-0.1, -0.05) is 0 Å². The maximum atomic E-state index is 12.9. The molecule has 27 heavy (non-hydrogen) atoms. The Labute approximate surface area is 157 Å². The van der Waals surface area contributed by atoms with Crippen molar-refractivity contribution < 1.29 is 9.53 Å². The van der Waals surface area contributed by atoms with Gasteiger partial charge in [-0.15, -0.1) is 0 Å². The lowest BCUT2D eigenvalue weighted by molar-refractivity contribution is 0.0698. The number of aromatic amines is 2. The number of ether oxygens (including phenoxy) is 1. The van der Waals surface area contributed by atoms with Crippen molar-refractivity contribution in [2.45, 2.75) is 25.7 Å². The van der Waals surface area contributed by atoms with Gasteiger partial charge in [0, 0.05) is 24.6 Å². The third kappa shape index (κ3) is 3.55. The van der Waals surface area contributed by atoms with Crippen LogP contribution in [0.25, 0.3) is 11.3 Å². The minimum absolute atomic E-state index is 0.0424. The van der Waals surface area contributed by atoms with Crippen LogP contribution in [-0.4, -0.2) is 56.4 Å². The number of carbonyl (C=O) groups is 1. The van der Waals surface area contributed by atoms with Crippen LogP contribution in [-0.2, 0) is 0 Å². The van der Waals surface area contributed by atoms with Gasteiger partial charge in [-0.3, -0.25) is 15.0 Å². The lowest BCUT2D eigenvalue weighted by Crippen LogP contribution is -2.39. The third-order valence-corrected chi connectivity index (χ3v) is 4.88. The summed E-state index contributed by atoms with van der Waals surface area (Å²) >= 11 is 0. The van der Waals surface area contributed by atoms with Crippen molar-refractivity contribution in [3.05, 3.63) is 47.7 Å². The fraction of sp³-hybridized carbons (Fsp3) is 0.368. The molecule has 3 aromatic rings. The van der Waals surface area contributed by atoms with Gasteiger partial charge in [0.15, 0.2) is 5.82 Å². The van der Waals surface area contributed by atoms with Crippen molar-refractivity contribution in [3.63, 3.8) is 0 Å². The van der Waals surface area contributed by atoms with Crippen molar-refractivity contribution in [1.82, 2.24) is 30.3 Å². The number of H-pyrrole nitrogens is 2. The maximum absolute atomic E-state index is 12.9. The first-order valence-electron chi connectivity index (χ1n) is 9.02. The minimum atomic E-state index is -0.0424. The van der Waals surface area contributed by atoms with Crippen molar-refractivity contribution in [2.75, 3.05) is 20.2 Å². The number of methoxy groups -OCH3 is 1. The molecule has 1 amide bonds. The molecular formula is C19H22N6O2. The molecule has 0 radical (unpaired) electrons. The molecule has 1 fully saturated rings. The molecule has 1 unspecified atom stereocenters. The van der Waals surface area contributed by atoms with Crippen molar-refractivity contribution in [3.8, 4) is 17.0 Å². The average Bonchev–Trinajstić information content (AvgIpc) is 3.37. The number of benzene rings is 1. The number of amides is 1. The highest BCUT2D eigenvalue weighted by Gasteiger charge is 2.28. The van der Waals surface area contributed by atoms with Gasteiger partial charge in [0.2, 0.25) is 0 Å². The van der Waals surface area contributed by atoms with Crippen LogP contribution in [0.2, 0.25) is 0 Å². The summed E-state index contributed by atoms with van der Waals surface area (Å²) < 4.78 is 5.17. The molecule has 1 aliphatic heterocycles. The van der Waals surface area contributed by atoms with Crippen LogP contribution in [0, 0.1) is 6.92 Å². The molecule has 140 valence electrons. The van der Waals surface area contributed by atoms with E-state index in [9.17, 15) is 4.79 Å². The quantitative estimate of drug-likeness (QED) is 0.739. The summed E-state index contributed by atoms with van der Waals surface area (Å²) in [6, 6.07) is 9.39. The summed E-state index contributed by atoms with van der Waals surface area (Å²) in [5.41, 5.74) is 2.16.